The van der Waals surface area contributed by atoms with Gasteiger partial charge < -0.3 is 9.32 Å². The molecule has 0 fully saturated rings. The highest BCUT2D eigenvalue weighted by atomic mass is 79.9. The average molecular weight is 285 g/mol. The minimum absolute atomic E-state index is 0.296. The van der Waals surface area contributed by atoms with Crippen molar-refractivity contribution in [1.29, 1.82) is 0 Å². The fourth-order valence-electron chi connectivity index (χ4n) is 1.55. The van der Waals surface area contributed by atoms with Crippen molar-refractivity contribution in [1.82, 2.24) is 9.47 Å². The number of fused-ring (bicyclic) bond motifs is 1. The lowest BCUT2D eigenvalue weighted by Gasteiger charge is -2.09. The van der Waals surface area contributed by atoms with Crippen LogP contribution in [0, 0.1) is 0 Å². The first-order chi connectivity index (χ1) is 7.58. The number of oxazole rings is 1. The predicted molar refractivity (Wildman–Crippen MR) is 66.7 cm³/mol. The largest absolute Gasteiger partial charge is 0.419 e. The summed E-state index contributed by atoms with van der Waals surface area (Å²) >= 11 is 3.39. The molecule has 4 nitrogen and oxygen atoms in total. The molecule has 0 unspecified atom stereocenters. The van der Waals surface area contributed by atoms with E-state index in [1.54, 1.807) is 10.6 Å². The molecule has 1 heterocycles. The monoisotopic (exact) mass is 284 g/mol. The van der Waals surface area contributed by atoms with Gasteiger partial charge in [-0.15, -0.1) is 0 Å². The number of rotatable bonds is 3. The Labute approximate surface area is 102 Å². The van der Waals surface area contributed by atoms with Gasteiger partial charge in [0.25, 0.3) is 0 Å². The van der Waals surface area contributed by atoms with Crippen molar-refractivity contribution in [3.63, 3.8) is 0 Å². The van der Waals surface area contributed by atoms with E-state index in [1.807, 2.05) is 31.1 Å². The van der Waals surface area contributed by atoms with Gasteiger partial charge in [0, 0.05) is 17.6 Å². The van der Waals surface area contributed by atoms with Gasteiger partial charge in [0.2, 0.25) is 0 Å². The highest BCUT2D eigenvalue weighted by Crippen LogP contribution is 2.18. The Morgan fingerprint density at radius 2 is 2.19 bits per heavy atom. The summed E-state index contributed by atoms with van der Waals surface area (Å²) < 4.78 is 7.75. The maximum atomic E-state index is 11.6. The molecule has 0 saturated heterocycles. The second kappa shape index (κ2) is 4.43. The second-order valence-corrected chi connectivity index (χ2v) is 4.85. The molecule has 0 saturated carbocycles. The molecule has 0 spiro atoms. The van der Waals surface area contributed by atoms with Gasteiger partial charge in [0.15, 0.2) is 5.58 Å². The molecule has 0 aliphatic heterocycles. The molecule has 5 heteroatoms. The van der Waals surface area contributed by atoms with Crippen LogP contribution in [0.15, 0.2) is 31.9 Å². The van der Waals surface area contributed by atoms with E-state index < -0.39 is 0 Å². The minimum atomic E-state index is -0.296. The highest BCUT2D eigenvalue weighted by Gasteiger charge is 2.09. The number of benzene rings is 1. The van der Waals surface area contributed by atoms with Crippen LogP contribution in [0.25, 0.3) is 11.1 Å². The first kappa shape index (κ1) is 11.4. The third-order valence-corrected chi connectivity index (χ3v) is 2.89. The van der Waals surface area contributed by atoms with E-state index in [9.17, 15) is 4.79 Å². The third kappa shape index (κ3) is 2.20. The molecule has 2 rings (SSSR count). The van der Waals surface area contributed by atoms with Gasteiger partial charge in [-0.3, -0.25) is 4.57 Å². The van der Waals surface area contributed by atoms with E-state index in [4.69, 9.17) is 4.42 Å². The topological polar surface area (TPSA) is 38.4 Å². The van der Waals surface area contributed by atoms with Crippen LogP contribution >= 0.6 is 15.9 Å². The van der Waals surface area contributed by atoms with Crippen molar-refractivity contribution in [2.45, 2.75) is 6.54 Å². The summed E-state index contributed by atoms with van der Waals surface area (Å²) in [5.74, 6) is -0.296. The maximum absolute atomic E-state index is 11.6. The molecule has 0 aliphatic carbocycles. The third-order valence-electron chi connectivity index (χ3n) is 2.40. The maximum Gasteiger partial charge on any atom is 0.419 e. The van der Waals surface area contributed by atoms with Gasteiger partial charge in [-0.1, -0.05) is 15.9 Å². The average Bonchev–Trinajstić information content (AvgIpc) is 2.51. The van der Waals surface area contributed by atoms with Crippen LogP contribution in [0.4, 0.5) is 0 Å². The van der Waals surface area contributed by atoms with Crippen LogP contribution in [0.1, 0.15) is 0 Å². The molecule has 1 aromatic heterocycles. The Morgan fingerprint density at radius 1 is 1.44 bits per heavy atom. The molecular weight excluding hydrogens is 272 g/mol. The highest BCUT2D eigenvalue weighted by molar-refractivity contribution is 9.10. The minimum Gasteiger partial charge on any atom is -0.408 e. The van der Waals surface area contributed by atoms with Gasteiger partial charge in [0.05, 0.1) is 5.52 Å². The van der Waals surface area contributed by atoms with Crippen molar-refractivity contribution in [3.05, 3.63) is 33.2 Å². The zero-order valence-electron chi connectivity index (χ0n) is 9.24. The zero-order chi connectivity index (χ0) is 11.7. The number of likely N-dealkylation sites (N-methyl/N-ethyl adjacent to an activating group) is 1. The lowest BCUT2D eigenvalue weighted by Crippen LogP contribution is -2.23. The van der Waals surface area contributed by atoms with E-state index >= 15 is 0 Å². The molecule has 0 bridgehead atoms. The van der Waals surface area contributed by atoms with E-state index in [0.29, 0.717) is 12.1 Å². The molecule has 1 aromatic carbocycles. The standard InChI is InChI=1S/C11H13BrN2O2/c1-13(2)5-6-14-9-7-8(12)3-4-10(9)16-11(14)15/h3-4,7H,5-6H2,1-2H3. The van der Waals surface area contributed by atoms with Crippen molar-refractivity contribution < 1.29 is 4.42 Å². The van der Waals surface area contributed by atoms with Gasteiger partial charge in [-0.2, -0.15) is 0 Å². The summed E-state index contributed by atoms with van der Waals surface area (Å²) in [6.45, 7) is 1.44. The molecule has 0 radical (unpaired) electrons. The molecular formula is C11H13BrN2O2. The summed E-state index contributed by atoms with van der Waals surface area (Å²) in [6, 6.07) is 5.56. The fourth-order valence-corrected chi connectivity index (χ4v) is 1.90. The predicted octanol–water partition coefficient (Wildman–Crippen LogP) is 1.92. The van der Waals surface area contributed by atoms with E-state index in [0.717, 1.165) is 16.5 Å². The number of hydrogen-bond acceptors (Lipinski definition) is 3. The van der Waals surface area contributed by atoms with Gasteiger partial charge in [0.1, 0.15) is 0 Å². The van der Waals surface area contributed by atoms with Crippen molar-refractivity contribution in [2.24, 2.45) is 0 Å². The molecule has 0 aliphatic rings. The smallest absolute Gasteiger partial charge is 0.408 e. The Balaban J connectivity index is 2.46. The van der Waals surface area contributed by atoms with E-state index in [1.165, 1.54) is 0 Å². The van der Waals surface area contributed by atoms with E-state index in [-0.39, 0.29) is 5.76 Å². The molecule has 16 heavy (non-hydrogen) atoms. The summed E-state index contributed by atoms with van der Waals surface area (Å²) in [5, 5.41) is 0. The lowest BCUT2D eigenvalue weighted by atomic mass is 10.3. The van der Waals surface area contributed by atoms with Gasteiger partial charge >= 0.3 is 5.76 Å². The van der Waals surface area contributed by atoms with Crippen LogP contribution in [0.2, 0.25) is 0 Å². The van der Waals surface area contributed by atoms with Gasteiger partial charge in [-0.25, -0.2) is 4.79 Å². The Kier molecular flexibility index (Phi) is 3.16. The lowest BCUT2D eigenvalue weighted by molar-refractivity contribution is 0.374. The normalized spacial score (nSPS) is 11.5. The van der Waals surface area contributed by atoms with Crippen LogP contribution in [0.3, 0.4) is 0 Å². The first-order valence-corrected chi connectivity index (χ1v) is 5.81. The molecule has 0 amide bonds. The molecule has 86 valence electrons. The number of nitrogens with zero attached hydrogens (tertiary/aromatic N) is 2. The number of aromatic nitrogens is 1. The van der Waals surface area contributed by atoms with Crippen molar-refractivity contribution in [2.75, 3.05) is 20.6 Å². The molecule has 0 N–H and O–H groups in total. The summed E-state index contributed by atoms with van der Waals surface area (Å²) in [7, 11) is 3.95. The van der Waals surface area contributed by atoms with Crippen LogP contribution in [-0.2, 0) is 6.54 Å². The van der Waals surface area contributed by atoms with Crippen molar-refractivity contribution in [3.8, 4) is 0 Å². The summed E-state index contributed by atoms with van der Waals surface area (Å²) in [4.78, 5) is 13.7. The van der Waals surface area contributed by atoms with Crippen molar-refractivity contribution >= 4 is 27.0 Å². The van der Waals surface area contributed by atoms with Crippen LogP contribution in [0.5, 0.6) is 0 Å². The first-order valence-electron chi connectivity index (χ1n) is 5.01. The van der Waals surface area contributed by atoms with Crippen LogP contribution < -0.4 is 5.76 Å². The quantitative estimate of drug-likeness (QED) is 0.864. The Hall–Kier alpha value is -1.07. The Bertz CT molecular complexity index is 557. The summed E-state index contributed by atoms with van der Waals surface area (Å²) in [5.41, 5.74) is 1.47. The number of hydrogen-bond donors (Lipinski definition) is 0. The second-order valence-electron chi connectivity index (χ2n) is 3.93. The Morgan fingerprint density at radius 3 is 2.88 bits per heavy atom. The van der Waals surface area contributed by atoms with Gasteiger partial charge in [-0.05, 0) is 32.3 Å². The zero-order valence-corrected chi connectivity index (χ0v) is 10.8. The number of halogens is 1. The molecule has 2 aromatic rings. The SMILES string of the molecule is CN(C)CCn1c(=O)oc2ccc(Br)cc21. The summed E-state index contributed by atoms with van der Waals surface area (Å²) in [6.07, 6.45) is 0. The molecule has 0 atom stereocenters. The van der Waals surface area contributed by atoms with Crippen LogP contribution in [-0.4, -0.2) is 30.1 Å². The van der Waals surface area contributed by atoms with E-state index in [2.05, 4.69) is 15.9 Å². The fraction of sp³-hybridized carbons (Fsp3) is 0.364.